The van der Waals surface area contributed by atoms with E-state index in [1.807, 2.05) is 19.1 Å². The van der Waals surface area contributed by atoms with E-state index in [0.29, 0.717) is 5.56 Å². The van der Waals surface area contributed by atoms with Crippen LogP contribution in [0.2, 0.25) is 0 Å². The highest BCUT2D eigenvalue weighted by Crippen LogP contribution is 2.11. The maximum Gasteiger partial charge on any atom is 0.288 e. The third-order valence-electron chi connectivity index (χ3n) is 1.91. The molecule has 3 nitrogen and oxygen atoms in total. The van der Waals surface area contributed by atoms with E-state index in [1.54, 1.807) is 12.1 Å². The minimum Gasteiger partial charge on any atom is -0.266 e. The molecule has 1 amide bonds. The zero-order chi connectivity index (χ0) is 10.4. The standard InChI is InChI=1S/C11H11NO2/c1-2-5-9-6-3-4-7-10(9)11(14)12-8-13/h3-4,6-7H,2,5H2,1H3. The highest BCUT2D eigenvalue weighted by Gasteiger charge is 2.08. The van der Waals surface area contributed by atoms with Crippen molar-refractivity contribution in [3.8, 4) is 0 Å². The monoisotopic (exact) mass is 189 g/mol. The Morgan fingerprint density at radius 1 is 1.43 bits per heavy atom. The molecule has 0 fully saturated rings. The van der Waals surface area contributed by atoms with Crippen molar-refractivity contribution >= 4 is 12.0 Å². The lowest BCUT2D eigenvalue weighted by Crippen LogP contribution is -2.00. The summed E-state index contributed by atoms with van der Waals surface area (Å²) in [6, 6.07) is 7.17. The Kier molecular flexibility index (Phi) is 3.77. The highest BCUT2D eigenvalue weighted by atomic mass is 16.2. The van der Waals surface area contributed by atoms with Crippen molar-refractivity contribution in [3.63, 3.8) is 0 Å². The van der Waals surface area contributed by atoms with E-state index in [1.165, 1.54) is 6.08 Å². The predicted octanol–water partition coefficient (Wildman–Crippen LogP) is 2.12. The second kappa shape index (κ2) is 5.10. The van der Waals surface area contributed by atoms with Crippen molar-refractivity contribution in [2.75, 3.05) is 0 Å². The van der Waals surface area contributed by atoms with E-state index in [0.717, 1.165) is 18.4 Å². The predicted molar refractivity (Wildman–Crippen MR) is 52.9 cm³/mol. The summed E-state index contributed by atoms with van der Waals surface area (Å²) in [5.41, 5.74) is 1.43. The molecule has 1 aromatic rings. The molecule has 3 heteroatoms. The first-order chi connectivity index (χ1) is 6.79. The van der Waals surface area contributed by atoms with Crippen molar-refractivity contribution in [2.45, 2.75) is 19.8 Å². The number of rotatable bonds is 3. The van der Waals surface area contributed by atoms with Gasteiger partial charge >= 0.3 is 0 Å². The lowest BCUT2D eigenvalue weighted by Gasteiger charge is -2.02. The summed E-state index contributed by atoms with van der Waals surface area (Å²) in [6.45, 7) is 2.03. The molecule has 72 valence electrons. The topological polar surface area (TPSA) is 46.5 Å². The van der Waals surface area contributed by atoms with Gasteiger partial charge in [-0.1, -0.05) is 31.5 Å². The van der Waals surface area contributed by atoms with Crippen molar-refractivity contribution in [1.29, 1.82) is 0 Å². The number of amides is 1. The van der Waals surface area contributed by atoms with Crippen LogP contribution in [0.1, 0.15) is 29.3 Å². The number of benzene rings is 1. The molecule has 1 aromatic carbocycles. The summed E-state index contributed by atoms with van der Waals surface area (Å²) < 4.78 is 0. The first-order valence-corrected chi connectivity index (χ1v) is 4.49. The number of hydrogen-bond acceptors (Lipinski definition) is 2. The molecule has 0 aliphatic heterocycles. The molecule has 0 radical (unpaired) electrons. The van der Waals surface area contributed by atoms with E-state index in [2.05, 4.69) is 4.99 Å². The average molecular weight is 189 g/mol. The fraction of sp³-hybridized carbons (Fsp3) is 0.273. The normalized spacial score (nSPS) is 9.21. The molecule has 0 heterocycles. The number of aliphatic imine (C=N–C) groups is 1. The maximum atomic E-state index is 11.3. The minimum atomic E-state index is -0.510. The van der Waals surface area contributed by atoms with E-state index in [9.17, 15) is 9.59 Å². The smallest absolute Gasteiger partial charge is 0.266 e. The summed E-state index contributed by atoms with van der Waals surface area (Å²) in [5.74, 6) is -0.510. The Bertz CT molecular complexity index is 379. The second-order valence-corrected chi connectivity index (χ2v) is 2.92. The molecule has 0 aliphatic carbocycles. The Morgan fingerprint density at radius 3 is 2.79 bits per heavy atom. The number of isocyanates is 1. The van der Waals surface area contributed by atoms with E-state index in [-0.39, 0.29) is 0 Å². The molecule has 0 saturated carbocycles. The van der Waals surface area contributed by atoms with Gasteiger partial charge in [-0.05, 0) is 18.1 Å². The van der Waals surface area contributed by atoms with Crippen LogP contribution in [0.25, 0.3) is 0 Å². The highest BCUT2D eigenvalue weighted by molar-refractivity contribution is 5.98. The van der Waals surface area contributed by atoms with Gasteiger partial charge in [-0.15, -0.1) is 4.99 Å². The zero-order valence-corrected chi connectivity index (χ0v) is 7.99. The van der Waals surface area contributed by atoms with Gasteiger partial charge in [0.25, 0.3) is 5.91 Å². The van der Waals surface area contributed by atoms with Gasteiger partial charge in [-0.3, -0.25) is 4.79 Å². The largest absolute Gasteiger partial charge is 0.288 e. The Morgan fingerprint density at radius 2 is 2.14 bits per heavy atom. The molecule has 14 heavy (non-hydrogen) atoms. The van der Waals surface area contributed by atoms with Gasteiger partial charge in [0.05, 0.1) is 0 Å². The van der Waals surface area contributed by atoms with Crippen molar-refractivity contribution in [2.24, 2.45) is 4.99 Å². The second-order valence-electron chi connectivity index (χ2n) is 2.92. The quantitative estimate of drug-likeness (QED) is 0.540. The third-order valence-corrected chi connectivity index (χ3v) is 1.91. The molecule has 0 aromatic heterocycles. The minimum absolute atomic E-state index is 0.498. The van der Waals surface area contributed by atoms with E-state index >= 15 is 0 Å². The van der Waals surface area contributed by atoms with Gasteiger partial charge in [0.1, 0.15) is 0 Å². The number of hydrogen-bond donors (Lipinski definition) is 0. The fourth-order valence-electron chi connectivity index (χ4n) is 1.32. The Balaban J connectivity index is 3.05. The van der Waals surface area contributed by atoms with Gasteiger partial charge in [0.15, 0.2) is 0 Å². The summed E-state index contributed by atoms with van der Waals surface area (Å²) in [6.07, 6.45) is 3.03. The number of aryl methyl sites for hydroxylation is 1. The van der Waals surface area contributed by atoms with Crippen LogP contribution in [-0.2, 0) is 11.2 Å². The third kappa shape index (κ3) is 2.38. The summed E-state index contributed by atoms with van der Waals surface area (Å²) in [4.78, 5) is 24.3. The number of carbonyl (C=O) groups excluding carboxylic acids is 2. The Hall–Kier alpha value is -1.73. The molecule has 0 atom stereocenters. The van der Waals surface area contributed by atoms with Crippen molar-refractivity contribution in [3.05, 3.63) is 35.4 Å². The maximum absolute atomic E-state index is 11.3. The molecular weight excluding hydrogens is 178 g/mol. The van der Waals surface area contributed by atoms with Gasteiger partial charge in [0, 0.05) is 5.56 Å². The molecule has 0 bridgehead atoms. The first-order valence-electron chi connectivity index (χ1n) is 4.49. The van der Waals surface area contributed by atoms with Crippen LogP contribution < -0.4 is 0 Å². The van der Waals surface area contributed by atoms with Crippen LogP contribution in [0.15, 0.2) is 29.3 Å². The molecule has 0 aliphatic rings. The van der Waals surface area contributed by atoms with Crippen LogP contribution in [0, 0.1) is 0 Å². The van der Waals surface area contributed by atoms with Crippen molar-refractivity contribution in [1.82, 2.24) is 0 Å². The first kappa shape index (κ1) is 10.4. The van der Waals surface area contributed by atoms with Crippen molar-refractivity contribution < 1.29 is 9.59 Å². The van der Waals surface area contributed by atoms with Crippen LogP contribution in [0.4, 0.5) is 0 Å². The summed E-state index contributed by atoms with van der Waals surface area (Å²) in [7, 11) is 0. The lowest BCUT2D eigenvalue weighted by molar-refractivity contribution is 0.100. The van der Waals surface area contributed by atoms with Crippen LogP contribution >= 0.6 is 0 Å². The molecule has 0 spiro atoms. The molecule has 0 N–H and O–H groups in total. The van der Waals surface area contributed by atoms with Gasteiger partial charge in [-0.2, -0.15) is 0 Å². The van der Waals surface area contributed by atoms with E-state index < -0.39 is 5.91 Å². The number of nitrogens with zero attached hydrogens (tertiary/aromatic N) is 1. The summed E-state index contributed by atoms with van der Waals surface area (Å²) in [5, 5.41) is 0. The molecule has 0 saturated heterocycles. The van der Waals surface area contributed by atoms with Gasteiger partial charge in [-0.25, -0.2) is 4.79 Å². The van der Waals surface area contributed by atoms with Crippen LogP contribution in [-0.4, -0.2) is 12.0 Å². The Labute approximate surface area is 82.5 Å². The average Bonchev–Trinajstić information content (AvgIpc) is 2.19. The van der Waals surface area contributed by atoms with Crippen LogP contribution in [0.5, 0.6) is 0 Å². The molecule has 0 unspecified atom stereocenters. The number of carbonyl (C=O) groups is 1. The van der Waals surface area contributed by atoms with Gasteiger partial charge in [0.2, 0.25) is 6.08 Å². The molecule has 1 rings (SSSR count). The lowest BCUT2D eigenvalue weighted by atomic mass is 10.0. The van der Waals surface area contributed by atoms with E-state index in [4.69, 9.17) is 0 Å². The summed E-state index contributed by atoms with van der Waals surface area (Å²) >= 11 is 0. The van der Waals surface area contributed by atoms with Gasteiger partial charge < -0.3 is 0 Å². The SMILES string of the molecule is CCCc1ccccc1C(=O)N=C=O. The molecular formula is C11H11NO2. The zero-order valence-electron chi connectivity index (χ0n) is 7.99. The van der Waals surface area contributed by atoms with Crippen LogP contribution in [0.3, 0.4) is 0 Å². The fourth-order valence-corrected chi connectivity index (χ4v) is 1.32.